The molecule has 0 unspecified atom stereocenters. The lowest BCUT2D eigenvalue weighted by atomic mass is 10.1. The summed E-state index contributed by atoms with van der Waals surface area (Å²) in [5, 5.41) is 14.4. The number of anilines is 4. The van der Waals surface area contributed by atoms with Crippen molar-refractivity contribution >= 4 is 56.5 Å². The molecule has 5 N–H and O–H groups in total. The average molecular weight is 435 g/mol. The van der Waals surface area contributed by atoms with Gasteiger partial charge in [-0.15, -0.1) is 0 Å². The molecule has 5 aromatic rings. The van der Waals surface area contributed by atoms with E-state index in [-0.39, 0.29) is 12.1 Å². The van der Waals surface area contributed by atoms with Crippen LogP contribution in [0.2, 0.25) is 0 Å². The minimum atomic E-state index is -0.380. The first-order valence-corrected chi connectivity index (χ1v) is 10.5. The Bertz CT molecular complexity index is 1470. The van der Waals surface area contributed by atoms with Crippen LogP contribution in [0.5, 0.6) is 0 Å². The molecule has 5 rings (SSSR count). The normalized spacial score (nSPS) is 10.7. The highest BCUT2D eigenvalue weighted by Gasteiger charge is 2.09. The number of carbonyl (C=O) groups excluding carboxylic acids is 2. The summed E-state index contributed by atoms with van der Waals surface area (Å²) in [6, 6.07) is 27.4. The van der Waals surface area contributed by atoms with Crippen LogP contribution in [-0.4, -0.2) is 17.0 Å². The Labute approximate surface area is 189 Å². The Morgan fingerprint density at radius 1 is 0.576 bits per heavy atom. The summed E-state index contributed by atoms with van der Waals surface area (Å²) in [4.78, 5) is 28.2. The van der Waals surface area contributed by atoms with Crippen molar-refractivity contribution in [2.24, 2.45) is 0 Å². The Kier molecular flexibility index (Phi) is 5.35. The lowest BCUT2D eigenvalue weighted by Gasteiger charge is -2.12. The highest BCUT2D eigenvalue weighted by molar-refractivity contribution is 6.07. The Morgan fingerprint density at radius 2 is 1.18 bits per heavy atom. The molecule has 0 aliphatic heterocycles. The summed E-state index contributed by atoms with van der Waals surface area (Å²) in [5.74, 6) is 0. The molecule has 4 amide bonds. The number of amides is 4. The van der Waals surface area contributed by atoms with E-state index >= 15 is 0 Å². The van der Waals surface area contributed by atoms with Crippen molar-refractivity contribution in [3.05, 3.63) is 97.2 Å². The van der Waals surface area contributed by atoms with E-state index in [1.54, 1.807) is 24.3 Å². The Morgan fingerprint density at radius 3 is 1.97 bits per heavy atom. The van der Waals surface area contributed by atoms with Crippen LogP contribution in [0.1, 0.15) is 0 Å². The molecule has 162 valence electrons. The predicted octanol–water partition coefficient (Wildman–Crippen LogP) is 6.61. The largest absolute Gasteiger partial charge is 0.359 e. The molecule has 0 saturated heterocycles. The van der Waals surface area contributed by atoms with Crippen molar-refractivity contribution in [2.45, 2.75) is 0 Å². The topological polar surface area (TPSA) is 98.1 Å². The minimum Gasteiger partial charge on any atom is -0.359 e. The third-order valence-electron chi connectivity index (χ3n) is 5.25. The van der Waals surface area contributed by atoms with Crippen LogP contribution in [0.15, 0.2) is 97.2 Å². The molecule has 7 heteroatoms. The molecule has 0 spiro atoms. The van der Waals surface area contributed by atoms with Crippen LogP contribution in [0.4, 0.5) is 32.3 Å². The Hall–Kier alpha value is -4.78. The first-order valence-electron chi connectivity index (χ1n) is 10.5. The fourth-order valence-electron chi connectivity index (χ4n) is 3.77. The van der Waals surface area contributed by atoms with Crippen LogP contribution in [0, 0.1) is 0 Å². The van der Waals surface area contributed by atoms with Gasteiger partial charge in [-0.1, -0.05) is 54.6 Å². The summed E-state index contributed by atoms with van der Waals surface area (Å²) in [5.41, 5.74) is 3.36. The van der Waals surface area contributed by atoms with Crippen molar-refractivity contribution in [2.75, 3.05) is 21.3 Å². The van der Waals surface area contributed by atoms with E-state index < -0.39 is 0 Å². The van der Waals surface area contributed by atoms with Crippen LogP contribution in [0.3, 0.4) is 0 Å². The summed E-state index contributed by atoms with van der Waals surface area (Å²) < 4.78 is 0. The molecule has 1 heterocycles. The molecule has 0 radical (unpaired) electrons. The van der Waals surface area contributed by atoms with Crippen LogP contribution in [-0.2, 0) is 0 Å². The molecule has 0 aliphatic rings. The van der Waals surface area contributed by atoms with E-state index in [0.29, 0.717) is 17.1 Å². The first-order chi connectivity index (χ1) is 16.2. The first kappa shape index (κ1) is 20.1. The molecule has 33 heavy (non-hydrogen) atoms. The van der Waals surface area contributed by atoms with Crippen LogP contribution in [0.25, 0.3) is 21.7 Å². The summed E-state index contributed by atoms with van der Waals surface area (Å²) in [7, 11) is 0. The van der Waals surface area contributed by atoms with Gasteiger partial charge < -0.3 is 26.3 Å². The van der Waals surface area contributed by atoms with Gasteiger partial charge in [0, 0.05) is 28.3 Å². The van der Waals surface area contributed by atoms with E-state index in [1.807, 2.05) is 72.9 Å². The number of nitrogens with one attached hydrogen (secondary N) is 5. The molecular weight excluding hydrogens is 414 g/mol. The molecule has 0 atom stereocenters. The van der Waals surface area contributed by atoms with Gasteiger partial charge in [0.15, 0.2) is 0 Å². The van der Waals surface area contributed by atoms with Gasteiger partial charge in [-0.2, -0.15) is 0 Å². The number of carbonyl (C=O) groups is 2. The molecule has 7 nitrogen and oxygen atoms in total. The SMILES string of the molecule is O=C(Nc1cccc(NC(=O)Nc2cccc3cc[nH]c23)c1)Nc1cccc2ccccc12. The quantitative estimate of drug-likeness (QED) is 0.219. The van der Waals surface area contributed by atoms with Gasteiger partial charge >= 0.3 is 12.1 Å². The third kappa shape index (κ3) is 4.47. The van der Waals surface area contributed by atoms with Gasteiger partial charge in [-0.3, -0.25) is 0 Å². The standard InChI is InChI=1S/C26H21N5O2/c32-25(30-22-12-3-7-17-6-1-2-11-21(17)22)28-19-9-5-10-20(16-19)29-26(33)31-23-13-4-8-18-14-15-27-24(18)23/h1-16,27H,(H2,28,30,32)(H2,29,31,33). The summed E-state index contributed by atoms with van der Waals surface area (Å²) in [6.07, 6.45) is 1.83. The van der Waals surface area contributed by atoms with Crippen molar-refractivity contribution in [3.63, 3.8) is 0 Å². The number of H-pyrrole nitrogens is 1. The number of aromatic amines is 1. The zero-order valence-electron chi connectivity index (χ0n) is 17.6. The van der Waals surface area contributed by atoms with Gasteiger partial charge in [-0.05, 0) is 41.8 Å². The highest BCUT2D eigenvalue weighted by atomic mass is 16.2. The van der Waals surface area contributed by atoms with Crippen LogP contribution >= 0.6 is 0 Å². The fraction of sp³-hybridized carbons (Fsp3) is 0. The number of fused-ring (bicyclic) bond motifs is 2. The van der Waals surface area contributed by atoms with Gasteiger partial charge in [0.25, 0.3) is 0 Å². The van der Waals surface area contributed by atoms with Gasteiger partial charge in [0.1, 0.15) is 0 Å². The van der Waals surface area contributed by atoms with Crippen molar-refractivity contribution in [1.29, 1.82) is 0 Å². The number of hydrogen-bond acceptors (Lipinski definition) is 2. The number of urea groups is 2. The molecule has 4 aromatic carbocycles. The fourth-order valence-corrected chi connectivity index (χ4v) is 3.77. The monoisotopic (exact) mass is 435 g/mol. The van der Waals surface area contributed by atoms with Crippen molar-refractivity contribution < 1.29 is 9.59 Å². The lowest BCUT2D eigenvalue weighted by molar-refractivity contribution is 0.261. The zero-order valence-corrected chi connectivity index (χ0v) is 17.6. The minimum absolute atomic E-state index is 0.369. The molecular formula is C26H21N5O2. The van der Waals surface area contributed by atoms with Gasteiger partial charge in [0.2, 0.25) is 0 Å². The molecule has 0 fully saturated rings. The van der Waals surface area contributed by atoms with Gasteiger partial charge in [0.05, 0.1) is 16.9 Å². The third-order valence-corrected chi connectivity index (χ3v) is 5.25. The molecule has 1 aromatic heterocycles. The lowest BCUT2D eigenvalue weighted by Crippen LogP contribution is -2.21. The number of para-hydroxylation sites is 1. The Balaban J connectivity index is 1.25. The molecule has 0 bridgehead atoms. The number of aromatic nitrogens is 1. The van der Waals surface area contributed by atoms with Crippen LogP contribution < -0.4 is 21.3 Å². The van der Waals surface area contributed by atoms with Crippen molar-refractivity contribution in [1.82, 2.24) is 4.98 Å². The predicted molar refractivity (Wildman–Crippen MR) is 134 cm³/mol. The number of rotatable bonds is 4. The molecule has 0 aliphatic carbocycles. The maximum absolute atomic E-state index is 12.6. The van der Waals surface area contributed by atoms with E-state index in [0.717, 1.165) is 27.4 Å². The second-order valence-electron chi connectivity index (χ2n) is 7.51. The second kappa shape index (κ2) is 8.76. The smallest absolute Gasteiger partial charge is 0.323 e. The van der Waals surface area contributed by atoms with Crippen molar-refractivity contribution in [3.8, 4) is 0 Å². The number of hydrogen-bond donors (Lipinski definition) is 5. The average Bonchev–Trinajstić information content (AvgIpc) is 3.29. The molecule has 0 saturated carbocycles. The maximum Gasteiger partial charge on any atom is 0.323 e. The zero-order chi connectivity index (χ0) is 22.6. The van der Waals surface area contributed by atoms with E-state index in [1.165, 1.54) is 0 Å². The summed E-state index contributed by atoms with van der Waals surface area (Å²) >= 11 is 0. The van der Waals surface area contributed by atoms with E-state index in [9.17, 15) is 9.59 Å². The van der Waals surface area contributed by atoms with E-state index in [2.05, 4.69) is 26.3 Å². The second-order valence-corrected chi connectivity index (χ2v) is 7.51. The number of benzene rings is 4. The van der Waals surface area contributed by atoms with E-state index in [4.69, 9.17) is 0 Å². The van der Waals surface area contributed by atoms with Gasteiger partial charge in [-0.25, -0.2) is 9.59 Å². The maximum atomic E-state index is 12.6. The summed E-state index contributed by atoms with van der Waals surface area (Å²) in [6.45, 7) is 0. The highest BCUT2D eigenvalue weighted by Crippen LogP contribution is 2.24.